The molecule has 0 spiro atoms. The summed E-state index contributed by atoms with van der Waals surface area (Å²) in [7, 11) is 2.43. The van der Waals surface area contributed by atoms with Crippen LogP contribution in [0.5, 0.6) is 0 Å². The van der Waals surface area contributed by atoms with Gasteiger partial charge in [-0.1, -0.05) is 30.3 Å². The fourth-order valence-electron chi connectivity index (χ4n) is 1.69. The van der Waals surface area contributed by atoms with Gasteiger partial charge in [-0.15, -0.1) is 0 Å². The number of ether oxygens (including phenoxy) is 2. The Balaban J connectivity index is 2.68. The first-order chi connectivity index (χ1) is 10.1. The summed E-state index contributed by atoms with van der Waals surface area (Å²) in [6, 6.07) is 10.2. The molecular weight excluding hydrogens is 270 g/mol. The third-order valence-corrected chi connectivity index (χ3v) is 2.91. The largest absolute Gasteiger partial charge is 0.465 e. The molecule has 5 heteroatoms. The van der Waals surface area contributed by atoms with Crippen molar-refractivity contribution in [3.05, 3.63) is 59.8 Å². The van der Waals surface area contributed by atoms with Crippen molar-refractivity contribution >= 4 is 11.9 Å². The van der Waals surface area contributed by atoms with E-state index >= 15 is 0 Å². The molecule has 0 aliphatic heterocycles. The zero-order valence-corrected chi connectivity index (χ0v) is 12.4. The lowest BCUT2D eigenvalue weighted by molar-refractivity contribution is -0.629. The molecule has 1 rings (SSSR count). The Labute approximate surface area is 124 Å². The van der Waals surface area contributed by atoms with E-state index in [0.717, 1.165) is 0 Å². The van der Waals surface area contributed by atoms with Gasteiger partial charge in [0, 0.05) is 5.56 Å². The fourth-order valence-corrected chi connectivity index (χ4v) is 1.69. The molecule has 1 atom stereocenters. The second-order valence-corrected chi connectivity index (χ2v) is 4.34. The number of nitrogens with two attached hydrogens (primary N) is 1. The third kappa shape index (κ3) is 5.24. The van der Waals surface area contributed by atoms with Crippen molar-refractivity contribution in [1.82, 2.24) is 0 Å². The van der Waals surface area contributed by atoms with Crippen molar-refractivity contribution < 1.29 is 24.4 Å². The van der Waals surface area contributed by atoms with Crippen LogP contribution in [0.1, 0.15) is 18.5 Å². The first-order valence-electron chi connectivity index (χ1n) is 6.53. The van der Waals surface area contributed by atoms with Gasteiger partial charge >= 0.3 is 11.9 Å². The fraction of sp³-hybridized carbons (Fsp3) is 0.250. The second kappa shape index (κ2) is 8.71. The maximum Gasteiger partial charge on any atom is 0.345 e. The van der Waals surface area contributed by atoms with Crippen LogP contribution in [0, 0.1) is 0 Å². The van der Waals surface area contributed by atoms with Crippen LogP contribution in [0.3, 0.4) is 0 Å². The molecule has 0 aliphatic rings. The number of benzene rings is 1. The third-order valence-electron chi connectivity index (χ3n) is 2.91. The number of hydrogen-bond donors (Lipinski definition) is 1. The molecule has 1 aromatic rings. The zero-order chi connectivity index (χ0) is 15.7. The lowest BCUT2D eigenvalue weighted by Crippen LogP contribution is -2.78. The maximum atomic E-state index is 11.4. The molecule has 0 fully saturated rings. The zero-order valence-electron chi connectivity index (χ0n) is 12.4. The van der Waals surface area contributed by atoms with Crippen LogP contribution in [0.4, 0.5) is 0 Å². The highest BCUT2D eigenvalue weighted by Gasteiger charge is 2.18. The Morgan fingerprint density at radius 3 is 2.19 bits per heavy atom. The number of rotatable bonds is 6. The minimum Gasteiger partial charge on any atom is -0.465 e. The van der Waals surface area contributed by atoms with Gasteiger partial charge in [-0.25, -0.2) is 9.59 Å². The number of esters is 2. The van der Waals surface area contributed by atoms with E-state index in [1.54, 1.807) is 12.3 Å². The standard InChI is InChI=1S/C16H19NO4/c1-12(13-8-5-4-6-9-13)17-11-7-10-14(15(18)20-2)16(19)21-3/h4-12,17H,1-3H3/p+1/b11-7+/t12-/m1/s1. The van der Waals surface area contributed by atoms with E-state index < -0.39 is 11.9 Å². The number of carbonyl (C=O) groups is 2. The number of carbonyl (C=O) groups excluding carboxylic acids is 2. The second-order valence-electron chi connectivity index (χ2n) is 4.34. The molecule has 0 unspecified atom stereocenters. The van der Waals surface area contributed by atoms with Crippen molar-refractivity contribution in [2.24, 2.45) is 0 Å². The van der Waals surface area contributed by atoms with Crippen LogP contribution in [-0.4, -0.2) is 26.2 Å². The van der Waals surface area contributed by atoms with Crippen molar-refractivity contribution in [2.45, 2.75) is 13.0 Å². The molecule has 2 N–H and O–H groups in total. The molecule has 0 radical (unpaired) electrons. The Morgan fingerprint density at radius 2 is 1.67 bits per heavy atom. The van der Waals surface area contributed by atoms with Crippen molar-refractivity contribution in [3.63, 3.8) is 0 Å². The van der Waals surface area contributed by atoms with Gasteiger partial charge in [-0.2, -0.15) is 0 Å². The highest BCUT2D eigenvalue weighted by atomic mass is 16.5. The summed E-state index contributed by atoms with van der Waals surface area (Å²) in [6.45, 7) is 2.06. The molecular formula is C16H20NO4+. The average Bonchev–Trinajstić information content (AvgIpc) is 2.54. The summed E-state index contributed by atoms with van der Waals surface area (Å²) in [5.41, 5.74) is 1.05. The molecule has 0 saturated heterocycles. The summed E-state index contributed by atoms with van der Waals surface area (Å²) >= 11 is 0. The van der Waals surface area contributed by atoms with Crippen LogP contribution < -0.4 is 5.32 Å². The molecule has 112 valence electrons. The minimum absolute atomic E-state index is 0.142. The summed E-state index contributed by atoms with van der Waals surface area (Å²) in [4.78, 5) is 22.9. The van der Waals surface area contributed by atoms with Crippen LogP contribution in [0.15, 0.2) is 54.3 Å². The van der Waals surface area contributed by atoms with Crippen LogP contribution in [-0.2, 0) is 19.1 Å². The van der Waals surface area contributed by atoms with Crippen LogP contribution in [0.25, 0.3) is 0 Å². The molecule has 0 amide bonds. The van der Waals surface area contributed by atoms with Gasteiger partial charge in [0.2, 0.25) is 0 Å². The molecule has 21 heavy (non-hydrogen) atoms. The van der Waals surface area contributed by atoms with Gasteiger partial charge in [0.05, 0.1) is 20.4 Å². The first-order valence-corrected chi connectivity index (χ1v) is 6.53. The van der Waals surface area contributed by atoms with Gasteiger partial charge in [0.15, 0.2) is 0 Å². The van der Waals surface area contributed by atoms with Crippen LogP contribution in [0.2, 0.25) is 0 Å². The summed E-state index contributed by atoms with van der Waals surface area (Å²) in [5.74, 6) is -1.44. The van der Waals surface area contributed by atoms with E-state index in [2.05, 4.69) is 16.4 Å². The Morgan fingerprint density at radius 1 is 1.10 bits per heavy atom. The van der Waals surface area contributed by atoms with E-state index in [-0.39, 0.29) is 11.6 Å². The lowest BCUT2D eigenvalue weighted by atomic mass is 10.1. The van der Waals surface area contributed by atoms with Gasteiger partial charge in [0.1, 0.15) is 11.6 Å². The van der Waals surface area contributed by atoms with Gasteiger partial charge in [-0.3, -0.25) is 0 Å². The molecule has 1 aromatic carbocycles. The minimum atomic E-state index is -0.720. The normalized spacial score (nSPS) is 11.8. The number of quaternary nitrogens is 1. The topological polar surface area (TPSA) is 69.2 Å². The Hall–Kier alpha value is -2.40. The van der Waals surface area contributed by atoms with E-state index in [0.29, 0.717) is 0 Å². The number of allylic oxidation sites excluding steroid dienone is 2. The van der Waals surface area contributed by atoms with Crippen molar-refractivity contribution in [2.75, 3.05) is 14.2 Å². The molecule has 5 nitrogen and oxygen atoms in total. The molecule has 0 heterocycles. The SMILES string of the molecule is COC(=O)C(=C/C=C/[NH2+][C@H](C)c1ccccc1)C(=O)OC. The molecule has 0 saturated carbocycles. The highest BCUT2D eigenvalue weighted by Crippen LogP contribution is 2.06. The predicted molar refractivity (Wildman–Crippen MR) is 78.0 cm³/mol. The average molecular weight is 290 g/mol. The van der Waals surface area contributed by atoms with Crippen molar-refractivity contribution in [3.8, 4) is 0 Å². The predicted octanol–water partition coefficient (Wildman–Crippen LogP) is 1.10. The van der Waals surface area contributed by atoms with Gasteiger partial charge in [0.25, 0.3) is 0 Å². The Kier molecular flexibility index (Phi) is 6.91. The quantitative estimate of drug-likeness (QED) is 0.280. The highest BCUT2D eigenvalue weighted by molar-refractivity contribution is 6.14. The summed E-state index contributed by atoms with van der Waals surface area (Å²) < 4.78 is 9.06. The molecule has 0 aromatic heterocycles. The molecule has 0 bridgehead atoms. The Bertz CT molecular complexity index is 516. The molecule has 0 aliphatic carbocycles. The monoisotopic (exact) mass is 290 g/mol. The van der Waals surface area contributed by atoms with E-state index in [1.165, 1.54) is 25.9 Å². The summed E-state index contributed by atoms with van der Waals surface area (Å²) in [5, 5.41) is 1.97. The van der Waals surface area contributed by atoms with Gasteiger partial charge < -0.3 is 14.8 Å². The number of hydrogen-bond acceptors (Lipinski definition) is 4. The number of methoxy groups -OCH3 is 2. The summed E-state index contributed by atoms with van der Waals surface area (Å²) in [6.07, 6.45) is 4.78. The lowest BCUT2D eigenvalue weighted by Gasteiger charge is -2.06. The van der Waals surface area contributed by atoms with E-state index in [4.69, 9.17) is 0 Å². The first kappa shape index (κ1) is 16.7. The maximum absolute atomic E-state index is 11.4. The van der Waals surface area contributed by atoms with E-state index in [1.807, 2.05) is 35.6 Å². The van der Waals surface area contributed by atoms with E-state index in [9.17, 15) is 9.59 Å². The van der Waals surface area contributed by atoms with Gasteiger partial charge in [-0.05, 0) is 19.1 Å². The van der Waals surface area contributed by atoms with Crippen LogP contribution >= 0.6 is 0 Å². The van der Waals surface area contributed by atoms with Crippen molar-refractivity contribution in [1.29, 1.82) is 0 Å². The smallest absolute Gasteiger partial charge is 0.345 e.